The van der Waals surface area contributed by atoms with Crippen molar-refractivity contribution in [2.45, 2.75) is 26.2 Å². The lowest BCUT2D eigenvalue weighted by Crippen LogP contribution is -2.41. The Labute approximate surface area is 164 Å². The lowest BCUT2D eigenvalue weighted by molar-refractivity contribution is 0.560. The summed E-state index contributed by atoms with van der Waals surface area (Å²) in [4.78, 5) is 7.17. The first-order valence-corrected chi connectivity index (χ1v) is 9.45. The molecule has 0 bridgehead atoms. The third kappa shape index (κ3) is 7.22. The van der Waals surface area contributed by atoms with Crippen LogP contribution in [0.2, 0.25) is 0 Å². The van der Waals surface area contributed by atoms with Gasteiger partial charge in [0.25, 0.3) is 0 Å². The average Bonchev–Trinajstić information content (AvgIpc) is 3.20. The highest BCUT2D eigenvalue weighted by Crippen LogP contribution is 2.19. The standard InChI is InChI=1S/C17H25N3S2.HI/c1-13(10-15-6-4-8-21-15)11-19-17(18-3)20-12-14(2)16-7-5-9-22-16;/h4-9,13-14H,10-12H2,1-3H3,(H2,18,19,20);1H. The van der Waals surface area contributed by atoms with Gasteiger partial charge in [0.1, 0.15) is 0 Å². The summed E-state index contributed by atoms with van der Waals surface area (Å²) in [5.41, 5.74) is 0. The van der Waals surface area contributed by atoms with E-state index in [9.17, 15) is 0 Å². The van der Waals surface area contributed by atoms with Gasteiger partial charge in [-0.05, 0) is 35.2 Å². The van der Waals surface area contributed by atoms with Gasteiger partial charge in [0.2, 0.25) is 0 Å². The van der Waals surface area contributed by atoms with Crippen LogP contribution in [-0.4, -0.2) is 26.1 Å². The van der Waals surface area contributed by atoms with Gasteiger partial charge in [-0.1, -0.05) is 26.0 Å². The summed E-state index contributed by atoms with van der Waals surface area (Å²) in [6.07, 6.45) is 1.12. The number of nitrogens with zero attached hydrogens (tertiary/aromatic N) is 1. The number of hydrogen-bond donors (Lipinski definition) is 2. The van der Waals surface area contributed by atoms with Gasteiger partial charge < -0.3 is 10.6 Å². The zero-order valence-electron chi connectivity index (χ0n) is 13.9. The van der Waals surface area contributed by atoms with Crippen molar-refractivity contribution >= 4 is 52.6 Å². The Kier molecular flexibility index (Phi) is 9.81. The van der Waals surface area contributed by atoms with E-state index >= 15 is 0 Å². The molecule has 0 radical (unpaired) electrons. The number of guanidine groups is 1. The van der Waals surface area contributed by atoms with Crippen molar-refractivity contribution in [3.05, 3.63) is 44.8 Å². The van der Waals surface area contributed by atoms with Gasteiger partial charge in [-0.2, -0.15) is 0 Å². The lowest BCUT2D eigenvalue weighted by Gasteiger charge is -2.17. The van der Waals surface area contributed by atoms with Crippen molar-refractivity contribution in [2.75, 3.05) is 20.1 Å². The monoisotopic (exact) mass is 463 g/mol. The van der Waals surface area contributed by atoms with E-state index in [0.29, 0.717) is 11.8 Å². The second-order valence-corrected chi connectivity index (χ2v) is 7.65. The van der Waals surface area contributed by atoms with E-state index in [1.165, 1.54) is 9.75 Å². The van der Waals surface area contributed by atoms with E-state index in [4.69, 9.17) is 0 Å². The minimum Gasteiger partial charge on any atom is -0.356 e. The Hall–Kier alpha value is -0.600. The normalized spacial score (nSPS) is 14.0. The van der Waals surface area contributed by atoms with Gasteiger partial charge in [0, 0.05) is 35.8 Å². The summed E-state index contributed by atoms with van der Waals surface area (Å²) in [7, 11) is 1.83. The van der Waals surface area contributed by atoms with Crippen LogP contribution >= 0.6 is 46.7 Å². The summed E-state index contributed by atoms with van der Waals surface area (Å²) in [6, 6.07) is 8.62. The Bertz CT molecular complexity index is 552. The molecule has 23 heavy (non-hydrogen) atoms. The van der Waals surface area contributed by atoms with Gasteiger partial charge in [0.15, 0.2) is 5.96 Å². The molecule has 0 saturated heterocycles. The molecule has 0 aromatic carbocycles. The highest BCUT2D eigenvalue weighted by Gasteiger charge is 2.09. The van der Waals surface area contributed by atoms with Crippen molar-refractivity contribution < 1.29 is 0 Å². The number of nitrogens with one attached hydrogen (secondary N) is 2. The molecule has 0 fully saturated rings. The molecule has 0 amide bonds. The highest BCUT2D eigenvalue weighted by molar-refractivity contribution is 14.0. The molecule has 128 valence electrons. The molecule has 0 aliphatic heterocycles. The molecular weight excluding hydrogens is 437 g/mol. The quantitative estimate of drug-likeness (QED) is 0.359. The summed E-state index contributed by atoms with van der Waals surface area (Å²) < 4.78 is 0. The van der Waals surface area contributed by atoms with E-state index in [1.807, 2.05) is 29.7 Å². The second kappa shape index (κ2) is 11.0. The molecule has 6 heteroatoms. The van der Waals surface area contributed by atoms with Crippen LogP contribution in [0.4, 0.5) is 0 Å². The highest BCUT2D eigenvalue weighted by atomic mass is 127. The minimum atomic E-state index is 0. The summed E-state index contributed by atoms with van der Waals surface area (Å²) >= 11 is 3.64. The number of aliphatic imine (C=N–C) groups is 1. The summed E-state index contributed by atoms with van der Waals surface area (Å²) in [5.74, 6) is 1.98. The van der Waals surface area contributed by atoms with Crippen LogP contribution in [-0.2, 0) is 6.42 Å². The smallest absolute Gasteiger partial charge is 0.191 e. The van der Waals surface area contributed by atoms with Crippen molar-refractivity contribution in [2.24, 2.45) is 10.9 Å². The Morgan fingerprint density at radius 2 is 1.78 bits per heavy atom. The molecule has 0 spiro atoms. The Morgan fingerprint density at radius 1 is 1.09 bits per heavy atom. The molecule has 2 unspecified atom stereocenters. The first-order valence-electron chi connectivity index (χ1n) is 7.69. The number of hydrogen-bond acceptors (Lipinski definition) is 3. The minimum absolute atomic E-state index is 0. The van der Waals surface area contributed by atoms with Crippen molar-refractivity contribution in [1.29, 1.82) is 0 Å². The molecule has 0 saturated carbocycles. The third-order valence-electron chi connectivity index (χ3n) is 3.58. The van der Waals surface area contributed by atoms with Gasteiger partial charge >= 0.3 is 0 Å². The molecule has 0 aliphatic rings. The van der Waals surface area contributed by atoms with Crippen LogP contribution in [0.5, 0.6) is 0 Å². The van der Waals surface area contributed by atoms with Gasteiger partial charge in [-0.15, -0.1) is 46.7 Å². The predicted molar refractivity (Wildman–Crippen MR) is 115 cm³/mol. The van der Waals surface area contributed by atoms with Crippen LogP contribution in [0, 0.1) is 5.92 Å². The molecule has 3 nitrogen and oxygen atoms in total. The zero-order chi connectivity index (χ0) is 15.8. The number of rotatable bonds is 7. The first-order chi connectivity index (χ1) is 10.7. The predicted octanol–water partition coefficient (Wildman–Crippen LogP) is 4.57. The Balaban J connectivity index is 0.00000264. The van der Waals surface area contributed by atoms with E-state index < -0.39 is 0 Å². The number of thiophene rings is 2. The fourth-order valence-electron chi connectivity index (χ4n) is 2.26. The SMILES string of the molecule is CN=C(NCC(C)Cc1cccs1)NCC(C)c1cccs1.I. The molecule has 2 heterocycles. The summed E-state index contributed by atoms with van der Waals surface area (Å²) in [5, 5.41) is 11.1. The maximum atomic E-state index is 4.31. The molecule has 2 aromatic rings. The van der Waals surface area contributed by atoms with Crippen molar-refractivity contribution in [1.82, 2.24) is 10.6 Å². The molecule has 0 aliphatic carbocycles. The molecular formula is C17H26IN3S2. The van der Waals surface area contributed by atoms with Crippen LogP contribution in [0.3, 0.4) is 0 Å². The largest absolute Gasteiger partial charge is 0.356 e. The van der Waals surface area contributed by atoms with Gasteiger partial charge in [-0.25, -0.2) is 0 Å². The van der Waals surface area contributed by atoms with Crippen LogP contribution in [0.15, 0.2) is 40.0 Å². The van der Waals surface area contributed by atoms with Gasteiger partial charge in [-0.3, -0.25) is 4.99 Å². The second-order valence-electron chi connectivity index (χ2n) is 5.64. The van der Waals surface area contributed by atoms with Crippen molar-refractivity contribution in [3.8, 4) is 0 Å². The van der Waals surface area contributed by atoms with Crippen molar-refractivity contribution in [3.63, 3.8) is 0 Å². The van der Waals surface area contributed by atoms with Crippen LogP contribution in [0.1, 0.15) is 29.5 Å². The maximum Gasteiger partial charge on any atom is 0.191 e. The van der Waals surface area contributed by atoms with Gasteiger partial charge in [0.05, 0.1) is 0 Å². The molecule has 2 rings (SSSR count). The first kappa shape index (κ1) is 20.4. The van der Waals surface area contributed by atoms with E-state index in [-0.39, 0.29) is 24.0 Å². The summed E-state index contributed by atoms with van der Waals surface area (Å²) in [6.45, 7) is 6.35. The Morgan fingerprint density at radius 3 is 2.39 bits per heavy atom. The zero-order valence-corrected chi connectivity index (χ0v) is 17.9. The molecule has 2 atom stereocenters. The number of halogens is 1. The van der Waals surface area contributed by atoms with E-state index in [1.54, 1.807) is 0 Å². The van der Waals surface area contributed by atoms with E-state index in [2.05, 4.69) is 64.5 Å². The van der Waals surface area contributed by atoms with Crippen LogP contribution < -0.4 is 10.6 Å². The van der Waals surface area contributed by atoms with E-state index in [0.717, 1.165) is 25.5 Å². The fourth-order valence-corrected chi connectivity index (χ4v) is 3.91. The molecule has 2 aromatic heterocycles. The average molecular weight is 463 g/mol. The lowest BCUT2D eigenvalue weighted by atomic mass is 10.1. The maximum absolute atomic E-state index is 4.31. The van der Waals surface area contributed by atoms with Crippen LogP contribution in [0.25, 0.3) is 0 Å². The third-order valence-corrected chi connectivity index (χ3v) is 5.58. The molecule has 2 N–H and O–H groups in total. The fraction of sp³-hybridized carbons (Fsp3) is 0.471. The topological polar surface area (TPSA) is 36.4 Å².